The summed E-state index contributed by atoms with van der Waals surface area (Å²) in [5, 5.41) is 0. The molecule has 2 aliphatic carbocycles. The van der Waals surface area contributed by atoms with E-state index in [-0.39, 0.29) is 14.6 Å². The van der Waals surface area contributed by atoms with Crippen LogP contribution < -0.4 is 0 Å². The van der Waals surface area contributed by atoms with Crippen molar-refractivity contribution in [2.24, 2.45) is 16.7 Å². The van der Waals surface area contributed by atoms with Crippen LogP contribution in [-0.4, -0.2) is 9.52 Å². The molecule has 1 nitrogen and oxygen atoms in total. The fourth-order valence-corrected chi connectivity index (χ4v) is 5.37. The molecule has 2 rings (SSSR count). The minimum atomic E-state index is -0.141. The molecule has 0 aromatic rings. The van der Waals surface area contributed by atoms with Crippen molar-refractivity contribution < 1.29 is 4.79 Å². The molecule has 74 valence electrons. The Hall–Kier alpha value is 0.630. The number of halogens is 2. The maximum atomic E-state index is 12.0. The predicted molar refractivity (Wildman–Crippen MR) is 60.2 cm³/mol. The van der Waals surface area contributed by atoms with Gasteiger partial charge < -0.3 is 0 Å². The zero-order valence-electron chi connectivity index (χ0n) is 7.94. The predicted octanol–water partition coefficient (Wildman–Crippen LogP) is 3.50. The molecule has 0 saturated heterocycles. The number of hydrogen-bond acceptors (Lipinski definition) is 1. The molecule has 2 saturated carbocycles. The van der Waals surface area contributed by atoms with Gasteiger partial charge in [0.15, 0.2) is 0 Å². The van der Waals surface area contributed by atoms with Gasteiger partial charge in [-0.2, -0.15) is 0 Å². The third kappa shape index (κ3) is 1.01. The molecule has 0 N–H and O–H groups in total. The molecular formula is C10H14Br2O. The summed E-state index contributed by atoms with van der Waals surface area (Å²) < 4.78 is 0.141. The lowest BCUT2D eigenvalue weighted by Crippen LogP contribution is -2.41. The molecule has 2 atom stereocenters. The SMILES string of the molecule is CC1(C)C2CCC1(C(Br)Br)C(=O)C2. The number of carbonyl (C=O) groups excluding carboxylic acids is 1. The number of ketones is 1. The topological polar surface area (TPSA) is 17.1 Å². The van der Waals surface area contributed by atoms with Crippen LogP contribution in [0.25, 0.3) is 0 Å². The molecule has 3 heteroatoms. The monoisotopic (exact) mass is 308 g/mol. The van der Waals surface area contributed by atoms with Gasteiger partial charge in [-0.25, -0.2) is 0 Å². The Balaban J connectivity index is 2.49. The Morgan fingerprint density at radius 3 is 2.31 bits per heavy atom. The molecular weight excluding hydrogens is 296 g/mol. The zero-order valence-corrected chi connectivity index (χ0v) is 11.1. The van der Waals surface area contributed by atoms with E-state index in [0.29, 0.717) is 11.7 Å². The molecule has 0 heterocycles. The fraction of sp³-hybridized carbons (Fsp3) is 0.900. The van der Waals surface area contributed by atoms with Crippen molar-refractivity contribution >= 4 is 37.6 Å². The summed E-state index contributed by atoms with van der Waals surface area (Å²) in [5.41, 5.74) is 0.0272. The Bertz CT molecular complexity index is 260. The number of Topliss-reactive ketones (excluding diaryl/α,β-unsaturated/α-hetero) is 1. The second-order valence-electron chi connectivity index (χ2n) is 4.86. The van der Waals surface area contributed by atoms with Crippen LogP contribution in [0.4, 0.5) is 0 Å². The molecule has 13 heavy (non-hydrogen) atoms. The van der Waals surface area contributed by atoms with Crippen molar-refractivity contribution in [3.05, 3.63) is 0 Å². The van der Waals surface area contributed by atoms with E-state index in [2.05, 4.69) is 45.7 Å². The van der Waals surface area contributed by atoms with Crippen LogP contribution >= 0.6 is 31.9 Å². The maximum Gasteiger partial charge on any atom is 0.141 e. The Kier molecular flexibility index (Phi) is 2.20. The van der Waals surface area contributed by atoms with Crippen molar-refractivity contribution in [1.29, 1.82) is 0 Å². The molecule has 0 radical (unpaired) electrons. The van der Waals surface area contributed by atoms with Crippen molar-refractivity contribution in [3.8, 4) is 0 Å². The number of fused-ring (bicyclic) bond motifs is 2. The summed E-state index contributed by atoms with van der Waals surface area (Å²) in [5.74, 6) is 1.06. The van der Waals surface area contributed by atoms with Gasteiger partial charge in [0.05, 0.1) is 9.15 Å². The molecule has 0 aromatic carbocycles. The van der Waals surface area contributed by atoms with Crippen LogP contribution in [0.3, 0.4) is 0 Å². The highest BCUT2D eigenvalue weighted by atomic mass is 79.9. The van der Waals surface area contributed by atoms with Gasteiger partial charge in [-0.15, -0.1) is 0 Å². The Morgan fingerprint density at radius 1 is 1.46 bits per heavy atom. The molecule has 2 bridgehead atoms. The molecule has 0 amide bonds. The van der Waals surface area contributed by atoms with Crippen LogP contribution in [0.2, 0.25) is 0 Å². The van der Waals surface area contributed by atoms with Crippen molar-refractivity contribution in [3.63, 3.8) is 0 Å². The van der Waals surface area contributed by atoms with E-state index in [0.717, 1.165) is 12.8 Å². The van der Waals surface area contributed by atoms with E-state index in [9.17, 15) is 4.79 Å². The molecule has 2 unspecified atom stereocenters. The van der Waals surface area contributed by atoms with Crippen LogP contribution in [-0.2, 0) is 4.79 Å². The van der Waals surface area contributed by atoms with Gasteiger partial charge in [-0.1, -0.05) is 45.7 Å². The van der Waals surface area contributed by atoms with Crippen LogP contribution in [0.15, 0.2) is 0 Å². The van der Waals surface area contributed by atoms with Crippen molar-refractivity contribution in [1.82, 2.24) is 0 Å². The van der Waals surface area contributed by atoms with E-state index in [1.165, 1.54) is 6.42 Å². The van der Waals surface area contributed by atoms with Gasteiger partial charge in [-0.3, -0.25) is 4.79 Å². The normalized spacial score (nSPS) is 41.9. The first-order valence-electron chi connectivity index (χ1n) is 4.74. The van der Waals surface area contributed by atoms with Gasteiger partial charge in [0.1, 0.15) is 5.78 Å². The number of carbonyl (C=O) groups is 1. The summed E-state index contributed by atoms with van der Waals surface area (Å²) in [4.78, 5) is 12.0. The zero-order chi connectivity index (χ0) is 9.85. The Morgan fingerprint density at radius 2 is 2.08 bits per heavy atom. The van der Waals surface area contributed by atoms with Gasteiger partial charge in [-0.05, 0) is 24.2 Å². The summed E-state index contributed by atoms with van der Waals surface area (Å²) in [6.45, 7) is 4.48. The first kappa shape index (κ1) is 10.2. The van der Waals surface area contributed by atoms with Gasteiger partial charge in [0.2, 0.25) is 0 Å². The van der Waals surface area contributed by atoms with Crippen molar-refractivity contribution in [2.45, 2.75) is 36.8 Å². The van der Waals surface area contributed by atoms with Crippen LogP contribution in [0, 0.1) is 16.7 Å². The summed E-state index contributed by atoms with van der Waals surface area (Å²) in [6, 6.07) is 0. The second kappa shape index (κ2) is 2.82. The van der Waals surface area contributed by atoms with Crippen LogP contribution in [0.5, 0.6) is 0 Å². The maximum absolute atomic E-state index is 12.0. The van der Waals surface area contributed by atoms with E-state index < -0.39 is 0 Å². The lowest BCUT2D eigenvalue weighted by molar-refractivity contribution is -0.128. The summed E-state index contributed by atoms with van der Waals surface area (Å²) in [6.07, 6.45) is 3.05. The van der Waals surface area contributed by atoms with Crippen LogP contribution in [0.1, 0.15) is 33.1 Å². The highest BCUT2D eigenvalue weighted by molar-refractivity contribution is 9.24. The number of rotatable bonds is 1. The lowest BCUT2D eigenvalue weighted by Gasteiger charge is -2.38. The van der Waals surface area contributed by atoms with E-state index in [4.69, 9.17) is 0 Å². The molecule has 0 aliphatic heterocycles. The van der Waals surface area contributed by atoms with Gasteiger partial charge in [0.25, 0.3) is 0 Å². The first-order valence-corrected chi connectivity index (χ1v) is 6.57. The highest BCUT2D eigenvalue weighted by Crippen LogP contribution is 2.67. The Labute approximate surface area is 95.9 Å². The summed E-state index contributed by atoms with van der Waals surface area (Å²) in [7, 11) is 0. The number of alkyl halides is 2. The minimum Gasteiger partial charge on any atom is -0.299 e. The molecule has 0 aromatic heterocycles. The van der Waals surface area contributed by atoms with Crippen molar-refractivity contribution in [2.75, 3.05) is 0 Å². The second-order valence-corrected chi connectivity index (χ2v) is 7.92. The minimum absolute atomic E-state index is 0.141. The molecule has 0 spiro atoms. The average molecular weight is 310 g/mol. The van der Waals surface area contributed by atoms with E-state index in [1.54, 1.807) is 0 Å². The lowest BCUT2D eigenvalue weighted by atomic mass is 9.70. The largest absolute Gasteiger partial charge is 0.299 e. The van der Waals surface area contributed by atoms with E-state index >= 15 is 0 Å². The molecule has 2 aliphatic rings. The van der Waals surface area contributed by atoms with Gasteiger partial charge >= 0.3 is 0 Å². The smallest absolute Gasteiger partial charge is 0.141 e. The van der Waals surface area contributed by atoms with Gasteiger partial charge in [0, 0.05) is 6.42 Å². The third-order valence-electron chi connectivity index (χ3n) is 4.36. The summed E-state index contributed by atoms with van der Waals surface area (Å²) >= 11 is 7.11. The third-order valence-corrected chi connectivity index (χ3v) is 5.92. The standard InChI is InChI=1S/C10H14Br2O/c1-9(2)6-3-4-10(9,8(11)12)7(13)5-6/h6,8H,3-5H2,1-2H3. The number of hydrogen-bond donors (Lipinski definition) is 0. The fourth-order valence-electron chi connectivity index (χ4n) is 3.22. The quantitative estimate of drug-likeness (QED) is 0.678. The average Bonchev–Trinajstić information content (AvgIpc) is 2.35. The highest BCUT2D eigenvalue weighted by Gasteiger charge is 2.66. The van der Waals surface area contributed by atoms with E-state index in [1.807, 2.05) is 0 Å². The first-order chi connectivity index (χ1) is 5.93. The molecule has 2 fully saturated rings.